The molecular formula is C16H22N2O3. The Balaban J connectivity index is 1.75. The van der Waals surface area contributed by atoms with Gasteiger partial charge in [-0.1, -0.05) is 18.6 Å². The number of nitrogens with one attached hydrogen (secondary N) is 2. The third-order valence-corrected chi connectivity index (χ3v) is 3.59. The number of amides is 2. The third-order valence-electron chi connectivity index (χ3n) is 3.59. The lowest BCUT2D eigenvalue weighted by atomic mass is 9.85. The Hall–Kier alpha value is -2.04. The standard InChI is InChI=1S/C16H22N2O3/c1-2-21-14-9-4-3-8-13(14)18-15(19)10-11-17-16(20)12-6-5-7-12/h3-4,8-9,12H,2,5-7,10-11H2,1H3,(H,17,20)(H,18,19). The van der Waals surface area contributed by atoms with E-state index in [1.165, 1.54) is 0 Å². The number of benzene rings is 1. The Labute approximate surface area is 125 Å². The number of para-hydroxylation sites is 2. The Kier molecular flexibility index (Phi) is 5.60. The van der Waals surface area contributed by atoms with Crippen LogP contribution in [0.25, 0.3) is 0 Å². The summed E-state index contributed by atoms with van der Waals surface area (Å²) in [6.45, 7) is 2.82. The van der Waals surface area contributed by atoms with Crippen molar-refractivity contribution in [2.24, 2.45) is 5.92 Å². The summed E-state index contributed by atoms with van der Waals surface area (Å²) in [6.07, 6.45) is 3.34. The average Bonchev–Trinajstić information content (AvgIpc) is 2.39. The summed E-state index contributed by atoms with van der Waals surface area (Å²) >= 11 is 0. The fourth-order valence-electron chi connectivity index (χ4n) is 2.18. The lowest BCUT2D eigenvalue weighted by molar-refractivity contribution is -0.127. The van der Waals surface area contributed by atoms with Crippen LogP contribution in [0, 0.1) is 5.92 Å². The van der Waals surface area contributed by atoms with Crippen LogP contribution in [0.5, 0.6) is 5.75 Å². The van der Waals surface area contributed by atoms with E-state index in [2.05, 4.69) is 10.6 Å². The van der Waals surface area contributed by atoms with E-state index < -0.39 is 0 Å². The normalized spacial score (nSPS) is 14.1. The van der Waals surface area contributed by atoms with Crippen molar-refractivity contribution in [3.05, 3.63) is 24.3 Å². The molecule has 0 radical (unpaired) electrons. The van der Waals surface area contributed by atoms with Gasteiger partial charge >= 0.3 is 0 Å². The van der Waals surface area contributed by atoms with Crippen molar-refractivity contribution in [3.63, 3.8) is 0 Å². The molecule has 2 amide bonds. The number of anilines is 1. The van der Waals surface area contributed by atoms with Crippen LogP contribution in [-0.4, -0.2) is 25.0 Å². The molecule has 114 valence electrons. The molecule has 21 heavy (non-hydrogen) atoms. The average molecular weight is 290 g/mol. The maximum atomic E-state index is 11.9. The highest BCUT2D eigenvalue weighted by Crippen LogP contribution is 2.26. The van der Waals surface area contributed by atoms with E-state index in [9.17, 15) is 9.59 Å². The van der Waals surface area contributed by atoms with Gasteiger partial charge in [0.2, 0.25) is 11.8 Å². The zero-order valence-electron chi connectivity index (χ0n) is 12.4. The summed E-state index contributed by atoms with van der Waals surface area (Å²) in [5.74, 6) is 0.762. The molecule has 0 spiro atoms. The fraction of sp³-hybridized carbons (Fsp3) is 0.500. The number of ether oxygens (including phenoxy) is 1. The summed E-state index contributed by atoms with van der Waals surface area (Å²) in [6, 6.07) is 7.32. The van der Waals surface area contributed by atoms with Gasteiger partial charge in [0.1, 0.15) is 5.75 Å². The van der Waals surface area contributed by atoms with Crippen LogP contribution in [0.4, 0.5) is 5.69 Å². The van der Waals surface area contributed by atoms with Crippen LogP contribution < -0.4 is 15.4 Å². The fourth-order valence-corrected chi connectivity index (χ4v) is 2.18. The van der Waals surface area contributed by atoms with Crippen molar-refractivity contribution >= 4 is 17.5 Å². The lowest BCUT2D eigenvalue weighted by Crippen LogP contribution is -2.36. The molecule has 1 aromatic rings. The van der Waals surface area contributed by atoms with E-state index >= 15 is 0 Å². The molecule has 0 unspecified atom stereocenters. The van der Waals surface area contributed by atoms with Gasteiger partial charge in [0.05, 0.1) is 12.3 Å². The molecule has 0 saturated heterocycles. The van der Waals surface area contributed by atoms with Gasteiger partial charge in [-0.2, -0.15) is 0 Å². The molecule has 1 aliphatic rings. The van der Waals surface area contributed by atoms with Gasteiger partial charge in [-0.3, -0.25) is 9.59 Å². The molecule has 0 aliphatic heterocycles. The first kappa shape index (κ1) is 15.4. The molecule has 2 N–H and O–H groups in total. The van der Waals surface area contributed by atoms with Crippen LogP contribution in [0.1, 0.15) is 32.6 Å². The Morgan fingerprint density at radius 2 is 2.05 bits per heavy atom. The van der Waals surface area contributed by atoms with Crippen molar-refractivity contribution in [2.75, 3.05) is 18.5 Å². The summed E-state index contributed by atoms with van der Waals surface area (Å²) in [5.41, 5.74) is 0.662. The smallest absolute Gasteiger partial charge is 0.226 e. The summed E-state index contributed by atoms with van der Waals surface area (Å²) in [7, 11) is 0. The van der Waals surface area contributed by atoms with Gasteiger partial charge in [-0.15, -0.1) is 0 Å². The van der Waals surface area contributed by atoms with E-state index in [-0.39, 0.29) is 24.2 Å². The number of carbonyl (C=O) groups excluding carboxylic acids is 2. The van der Waals surface area contributed by atoms with Crippen LogP contribution in [0.15, 0.2) is 24.3 Å². The SMILES string of the molecule is CCOc1ccccc1NC(=O)CCNC(=O)C1CCC1. The first-order chi connectivity index (χ1) is 10.2. The van der Waals surface area contributed by atoms with E-state index in [1.54, 1.807) is 6.07 Å². The summed E-state index contributed by atoms with van der Waals surface area (Å²) in [4.78, 5) is 23.5. The van der Waals surface area contributed by atoms with Crippen molar-refractivity contribution in [3.8, 4) is 5.75 Å². The monoisotopic (exact) mass is 290 g/mol. The predicted octanol–water partition coefficient (Wildman–Crippen LogP) is 2.33. The molecule has 1 aliphatic carbocycles. The van der Waals surface area contributed by atoms with Crippen molar-refractivity contribution in [1.82, 2.24) is 5.32 Å². The summed E-state index contributed by atoms with van der Waals surface area (Å²) < 4.78 is 5.45. The second kappa shape index (κ2) is 7.67. The molecule has 0 heterocycles. The van der Waals surface area contributed by atoms with Crippen molar-refractivity contribution in [1.29, 1.82) is 0 Å². The second-order valence-electron chi connectivity index (χ2n) is 5.15. The molecule has 5 heteroatoms. The topological polar surface area (TPSA) is 67.4 Å². The molecule has 2 rings (SSSR count). The quantitative estimate of drug-likeness (QED) is 0.810. The molecule has 1 saturated carbocycles. The Morgan fingerprint density at radius 3 is 2.71 bits per heavy atom. The Morgan fingerprint density at radius 1 is 1.29 bits per heavy atom. The first-order valence-electron chi connectivity index (χ1n) is 7.50. The highest BCUT2D eigenvalue weighted by molar-refractivity contribution is 5.92. The predicted molar refractivity (Wildman–Crippen MR) is 81.2 cm³/mol. The third kappa shape index (κ3) is 4.48. The lowest BCUT2D eigenvalue weighted by Gasteiger charge is -2.23. The minimum Gasteiger partial charge on any atom is -0.492 e. The zero-order valence-corrected chi connectivity index (χ0v) is 12.4. The van der Waals surface area contributed by atoms with Crippen molar-refractivity contribution < 1.29 is 14.3 Å². The van der Waals surface area contributed by atoms with Crippen LogP contribution in [-0.2, 0) is 9.59 Å². The van der Waals surface area contributed by atoms with Gasteiger partial charge in [0, 0.05) is 18.9 Å². The number of hydrogen-bond donors (Lipinski definition) is 2. The maximum absolute atomic E-state index is 11.9. The second-order valence-corrected chi connectivity index (χ2v) is 5.15. The van der Waals surface area contributed by atoms with Crippen LogP contribution in [0.3, 0.4) is 0 Å². The molecule has 0 bridgehead atoms. The van der Waals surface area contributed by atoms with Gasteiger partial charge < -0.3 is 15.4 Å². The molecule has 5 nitrogen and oxygen atoms in total. The molecule has 0 aromatic heterocycles. The van der Waals surface area contributed by atoms with Gasteiger partial charge in [-0.25, -0.2) is 0 Å². The van der Waals surface area contributed by atoms with Gasteiger partial charge in [-0.05, 0) is 31.9 Å². The van der Waals surface area contributed by atoms with Crippen LogP contribution >= 0.6 is 0 Å². The molecule has 1 aromatic carbocycles. The minimum absolute atomic E-state index is 0.0729. The molecule has 1 fully saturated rings. The minimum atomic E-state index is -0.129. The first-order valence-corrected chi connectivity index (χ1v) is 7.50. The number of rotatable bonds is 7. The van der Waals surface area contributed by atoms with Crippen molar-refractivity contribution in [2.45, 2.75) is 32.6 Å². The van der Waals surface area contributed by atoms with E-state index in [1.807, 2.05) is 25.1 Å². The zero-order chi connectivity index (χ0) is 15.1. The maximum Gasteiger partial charge on any atom is 0.226 e. The highest BCUT2D eigenvalue weighted by atomic mass is 16.5. The van der Waals surface area contributed by atoms with E-state index in [0.29, 0.717) is 24.6 Å². The van der Waals surface area contributed by atoms with Gasteiger partial charge in [0.15, 0.2) is 0 Å². The van der Waals surface area contributed by atoms with Crippen LogP contribution in [0.2, 0.25) is 0 Å². The van der Waals surface area contributed by atoms with Gasteiger partial charge in [0.25, 0.3) is 0 Å². The number of hydrogen-bond acceptors (Lipinski definition) is 3. The summed E-state index contributed by atoms with van der Waals surface area (Å²) in [5, 5.41) is 5.62. The number of carbonyl (C=O) groups is 2. The van der Waals surface area contributed by atoms with E-state index in [0.717, 1.165) is 19.3 Å². The largest absolute Gasteiger partial charge is 0.492 e. The highest BCUT2D eigenvalue weighted by Gasteiger charge is 2.24. The molecule has 0 atom stereocenters. The molecular weight excluding hydrogens is 268 g/mol. The Bertz CT molecular complexity index is 498. The van der Waals surface area contributed by atoms with E-state index in [4.69, 9.17) is 4.74 Å².